The molecule has 7 heteroatoms. The first kappa shape index (κ1) is 11.3. The molecule has 1 saturated heterocycles. The molecule has 0 amide bonds. The third-order valence-corrected chi connectivity index (χ3v) is 2.78. The van der Waals surface area contributed by atoms with Crippen LogP contribution in [0.15, 0.2) is 10.8 Å². The van der Waals surface area contributed by atoms with E-state index in [1.54, 1.807) is 0 Å². The summed E-state index contributed by atoms with van der Waals surface area (Å²) in [7, 11) is -3.45. The molecule has 76 valence electrons. The van der Waals surface area contributed by atoms with E-state index in [-0.39, 0.29) is 10.4 Å². The summed E-state index contributed by atoms with van der Waals surface area (Å²) in [4.78, 5) is 0. The van der Waals surface area contributed by atoms with E-state index in [1.165, 1.54) is 0 Å². The zero-order chi connectivity index (χ0) is 9.90. The molecule has 0 aromatic carbocycles. The molecule has 1 rings (SSSR count). The van der Waals surface area contributed by atoms with Gasteiger partial charge in [0.2, 0.25) is 0 Å². The van der Waals surface area contributed by atoms with E-state index in [1.807, 2.05) is 6.92 Å². The third kappa shape index (κ3) is 3.88. The first-order valence-electron chi connectivity index (χ1n) is 3.60. The number of phosphoric acid groups is 1. The Balaban J connectivity index is 2.48. The van der Waals surface area contributed by atoms with Crippen LogP contribution in [-0.2, 0) is 18.1 Å². The van der Waals surface area contributed by atoms with Crippen LogP contribution in [0.5, 0.6) is 0 Å². The molecule has 1 fully saturated rings. The summed E-state index contributed by atoms with van der Waals surface area (Å²) < 4.78 is 25.7. The zero-order valence-corrected chi connectivity index (χ0v) is 9.31. The van der Waals surface area contributed by atoms with Gasteiger partial charge in [0.25, 0.3) is 0 Å². The summed E-state index contributed by atoms with van der Waals surface area (Å²) in [5, 5.41) is 0. The molecule has 0 unspecified atom stereocenters. The van der Waals surface area contributed by atoms with E-state index < -0.39 is 7.82 Å². The Bertz CT molecular complexity index is 239. The molecule has 0 saturated carbocycles. The van der Waals surface area contributed by atoms with Crippen LogP contribution in [0.4, 0.5) is 0 Å². The molecule has 0 radical (unpaired) electrons. The van der Waals surface area contributed by atoms with Gasteiger partial charge in [0.1, 0.15) is 10.8 Å². The van der Waals surface area contributed by atoms with Crippen molar-refractivity contribution < 1.29 is 18.1 Å². The molecule has 0 aromatic heterocycles. The molecule has 0 aromatic rings. The molecular formula is C6H9Cl2O4P. The molecule has 1 heterocycles. The molecule has 0 aliphatic carbocycles. The molecule has 1 aliphatic rings. The average Bonchev–Trinajstić information content (AvgIpc) is 2.08. The Morgan fingerprint density at radius 1 is 1.54 bits per heavy atom. The van der Waals surface area contributed by atoms with Gasteiger partial charge < -0.3 is 4.52 Å². The van der Waals surface area contributed by atoms with Crippen molar-refractivity contribution in [3.8, 4) is 0 Å². The molecular weight excluding hydrogens is 238 g/mol. The van der Waals surface area contributed by atoms with Crippen molar-refractivity contribution in [3.05, 3.63) is 10.8 Å². The van der Waals surface area contributed by atoms with Gasteiger partial charge in [-0.3, -0.25) is 9.05 Å². The Labute approximate surface area is 86.4 Å². The Morgan fingerprint density at radius 2 is 2.08 bits per heavy atom. The van der Waals surface area contributed by atoms with E-state index in [4.69, 9.17) is 32.2 Å². The summed E-state index contributed by atoms with van der Waals surface area (Å²) in [6, 6.07) is 0. The standard InChI is InChI=1S/C6H9Cl2O4P/c1-5-2-10-13(9,11-3-5)12-4-6(7)8/h4-5H,2-3H2,1H3. The predicted octanol–water partition coefficient (Wildman–Crippen LogP) is 3.07. The molecule has 0 N–H and O–H groups in total. The summed E-state index contributed by atoms with van der Waals surface area (Å²) in [6.45, 7) is 2.59. The molecule has 4 nitrogen and oxygen atoms in total. The smallest absolute Gasteiger partial charge is 0.409 e. The van der Waals surface area contributed by atoms with Crippen molar-refractivity contribution in [2.24, 2.45) is 5.92 Å². The van der Waals surface area contributed by atoms with Gasteiger partial charge in [0, 0.05) is 5.92 Å². The minimum absolute atomic E-state index is 0.138. The van der Waals surface area contributed by atoms with Crippen molar-refractivity contribution in [2.75, 3.05) is 13.2 Å². The lowest BCUT2D eigenvalue weighted by Gasteiger charge is -2.24. The second kappa shape index (κ2) is 4.67. The van der Waals surface area contributed by atoms with Gasteiger partial charge >= 0.3 is 7.82 Å². The van der Waals surface area contributed by atoms with Crippen molar-refractivity contribution in [1.82, 2.24) is 0 Å². The fourth-order valence-electron chi connectivity index (χ4n) is 0.688. The second-order valence-electron chi connectivity index (χ2n) is 2.66. The SMILES string of the molecule is CC1COP(=O)(OC=C(Cl)Cl)OC1. The molecule has 1 aliphatic heterocycles. The van der Waals surface area contributed by atoms with Crippen LogP contribution < -0.4 is 0 Å². The Kier molecular flexibility index (Phi) is 4.07. The van der Waals surface area contributed by atoms with Gasteiger partial charge in [-0.1, -0.05) is 30.1 Å². The van der Waals surface area contributed by atoms with Crippen LogP contribution in [0, 0.1) is 5.92 Å². The van der Waals surface area contributed by atoms with Gasteiger partial charge in [-0.15, -0.1) is 0 Å². The number of phosphoric ester groups is 1. The molecule has 0 bridgehead atoms. The highest BCUT2D eigenvalue weighted by molar-refractivity contribution is 7.48. The number of hydrogen-bond donors (Lipinski definition) is 0. The summed E-state index contributed by atoms with van der Waals surface area (Å²) in [5.41, 5.74) is 0. The van der Waals surface area contributed by atoms with Crippen LogP contribution >= 0.6 is 31.0 Å². The van der Waals surface area contributed by atoms with E-state index in [2.05, 4.69) is 4.52 Å². The highest BCUT2D eigenvalue weighted by Crippen LogP contribution is 2.52. The number of rotatable bonds is 2. The van der Waals surface area contributed by atoms with Gasteiger partial charge in [-0.25, -0.2) is 4.57 Å². The quantitative estimate of drug-likeness (QED) is 0.555. The Hall–Kier alpha value is 0.270. The fourth-order valence-corrected chi connectivity index (χ4v) is 2.21. The molecule has 0 atom stereocenters. The van der Waals surface area contributed by atoms with Gasteiger partial charge in [-0.2, -0.15) is 0 Å². The summed E-state index contributed by atoms with van der Waals surface area (Å²) in [6.07, 6.45) is 0.930. The van der Waals surface area contributed by atoms with Crippen LogP contribution in [-0.4, -0.2) is 13.2 Å². The van der Waals surface area contributed by atoms with Crippen LogP contribution in [0.3, 0.4) is 0 Å². The highest BCUT2D eigenvalue weighted by atomic mass is 35.5. The predicted molar refractivity (Wildman–Crippen MR) is 49.5 cm³/mol. The van der Waals surface area contributed by atoms with Crippen LogP contribution in [0.1, 0.15) is 6.92 Å². The number of hydrogen-bond acceptors (Lipinski definition) is 4. The van der Waals surface area contributed by atoms with Crippen LogP contribution in [0.2, 0.25) is 0 Å². The maximum Gasteiger partial charge on any atom is 0.529 e. The number of halogens is 2. The van der Waals surface area contributed by atoms with Gasteiger partial charge in [0.05, 0.1) is 13.2 Å². The topological polar surface area (TPSA) is 44.8 Å². The lowest BCUT2D eigenvalue weighted by atomic mass is 10.2. The third-order valence-electron chi connectivity index (χ3n) is 1.31. The van der Waals surface area contributed by atoms with Gasteiger partial charge in [0.15, 0.2) is 0 Å². The van der Waals surface area contributed by atoms with Crippen molar-refractivity contribution in [2.45, 2.75) is 6.92 Å². The normalized spacial score (nSPS) is 33.9. The lowest BCUT2D eigenvalue weighted by Crippen LogP contribution is -2.18. The average molecular weight is 247 g/mol. The first-order chi connectivity index (χ1) is 6.02. The summed E-state index contributed by atoms with van der Waals surface area (Å²) in [5.74, 6) is 0.209. The maximum atomic E-state index is 11.5. The van der Waals surface area contributed by atoms with Crippen molar-refractivity contribution >= 4 is 31.0 Å². The van der Waals surface area contributed by atoms with Gasteiger partial charge in [-0.05, 0) is 0 Å². The minimum atomic E-state index is -3.45. The molecule has 13 heavy (non-hydrogen) atoms. The van der Waals surface area contributed by atoms with E-state index >= 15 is 0 Å². The van der Waals surface area contributed by atoms with E-state index in [0.717, 1.165) is 6.26 Å². The zero-order valence-electron chi connectivity index (χ0n) is 6.91. The van der Waals surface area contributed by atoms with E-state index in [0.29, 0.717) is 13.2 Å². The largest absolute Gasteiger partial charge is 0.529 e. The monoisotopic (exact) mass is 246 g/mol. The minimum Gasteiger partial charge on any atom is -0.409 e. The lowest BCUT2D eigenvalue weighted by molar-refractivity contribution is 0.0615. The highest BCUT2D eigenvalue weighted by Gasteiger charge is 2.33. The van der Waals surface area contributed by atoms with E-state index in [9.17, 15) is 4.57 Å². The van der Waals surface area contributed by atoms with Crippen molar-refractivity contribution in [1.29, 1.82) is 0 Å². The van der Waals surface area contributed by atoms with Crippen molar-refractivity contribution in [3.63, 3.8) is 0 Å². The first-order valence-corrected chi connectivity index (χ1v) is 5.82. The molecule has 0 spiro atoms. The maximum absolute atomic E-state index is 11.5. The fraction of sp³-hybridized carbons (Fsp3) is 0.667. The Morgan fingerprint density at radius 3 is 2.54 bits per heavy atom. The summed E-state index contributed by atoms with van der Waals surface area (Å²) >= 11 is 10.5. The van der Waals surface area contributed by atoms with Crippen LogP contribution in [0.25, 0.3) is 0 Å². The second-order valence-corrected chi connectivity index (χ2v) is 5.29.